The summed E-state index contributed by atoms with van der Waals surface area (Å²) >= 11 is 0. The van der Waals surface area contributed by atoms with E-state index >= 15 is 0 Å². The van der Waals surface area contributed by atoms with Gasteiger partial charge in [0, 0.05) is 25.5 Å². The third-order valence-corrected chi connectivity index (χ3v) is 2.16. The first-order valence-corrected chi connectivity index (χ1v) is 4.25. The molecule has 0 atom stereocenters. The van der Waals surface area contributed by atoms with E-state index < -0.39 is 5.97 Å². The minimum atomic E-state index is -0.983. The van der Waals surface area contributed by atoms with Crippen molar-refractivity contribution in [1.29, 1.82) is 0 Å². The van der Waals surface area contributed by atoms with E-state index in [1.807, 2.05) is 25.1 Å². The average molecular weight is 194 g/mol. The Balaban J connectivity index is 3.41. The van der Waals surface area contributed by atoms with Gasteiger partial charge in [0.05, 0.1) is 5.56 Å². The molecule has 0 bridgehead atoms. The molecule has 14 heavy (non-hydrogen) atoms. The zero-order chi connectivity index (χ0) is 10.9. The van der Waals surface area contributed by atoms with Crippen LogP contribution in [-0.2, 0) is 0 Å². The molecule has 0 heterocycles. The van der Waals surface area contributed by atoms with Crippen LogP contribution in [0.3, 0.4) is 0 Å². The third kappa shape index (κ3) is 1.64. The Kier molecular flexibility index (Phi) is 2.65. The molecule has 0 unspecified atom stereocenters. The summed E-state index contributed by atoms with van der Waals surface area (Å²) in [5.41, 5.74) is 7.66. The summed E-state index contributed by atoms with van der Waals surface area (Å²) in [6.45, 7) is 1.76. The van der Waals surface area contributed by atoms with Gasteiger partial charge in [0.15, 0.2) is 0 Å². The number of nitrogens with two attached hydrogens (primary N) is 1. The monoisotopic (exact) mass is 194 g/mol. The number of nitrogen functional groups attached to an aromatic ring is 1. The quantitative estimate of drug-likeness (QED) is 0.697. The molecule has 0 aliphatic rings. The van der Waals surface area contributed by atoms with Gasteiger partial charge in [-0.15, -0.1) is 0 Å². The number of anilines is 2. The minimum absolute atomic E-state index is 0.191. The predicted octanol–water partition coefficient (Wildman–Crippen LogP) is 1.34. The number of hydrogen-bond donors (Lipinski definition) is 2. The molecule has 4 nitrogen and oxygen atoms in total. The summed E-state index contributed by atoms with van der Waals surface area (Å²) in [5, 5.41) is 8.95. The van der Waals surface area contributed by atoms with Crippen molar-refractivity contribution < 1.29 is 9.90 Å². The van der Waals surface area contributed by atoms with Gasteiger partial charge in [0.1, 0.15) is 0 Å². The van der Waals surface area contributed by atoms with Crippen molar-refractivity contribution in [3.8, 4) is 0 Å². The molecule has 1 rings (SSSR count). The van der Waals surface area contributed by atoms with Gasteiger partial charge in [-0.2, -0.15) is 0 Å². The molecule has 0 radical (unpaired) electrons. The smallest absolute Gasteiger partial charge is 0.338 e. The number of hydrogen-bond acceptors (Lipinski definition) is 3. The van der Waals surface area contributed by atoms with E-state index in [0.29, 0.717) is 11.3 Å². The molecule has 1 aromatic carbocycles. The van der Waals surface area contributed by atoms with Crippen molar-refractivity contribution >= 4 is 17.3 Å². The van der Waals surface area contributed by atoms with Crippen LogP contribution in [-0.4, -0.2) is 25.2 Å². The normalized spacial score (nSPS) is 9.93. The SMILES string of the molecule is Cc1c(N(C)C)ccc(N)c1C(=O)O. The van der Waals surface area contributed by atoms with Gasteiger partial charge in [-0.3, -0.25) is 0 Å². The molecule has 0 saturated carbocycles. The summed E-state index contributed by atoms with van der Waals surface area (Å²) in [7, 11) is 3.73. The molecule has 0 amide bonds. The van der Waals surface area contributed by atoms with Crippen LogP contribution in [0.1, 0.15) is 15.9 Å². The van der Waals surface area contributed by atoms with Gasteiger partial charge in [0.2, 0.25) is 0 Å². The summed E-state index contributed by atoms with van der Waals surface area (Å²) in [6.07, 6.45) is 0. The first-order valence-electron chi connectivity index (χ1n) is 4.25. The van der Waals surface area contributed by atoms with Gasteiger partial charge >= 0.3 is 5.97 Å². The van der Waals surface area contributed by atoms with E-state index in [9.17, 15) is 4.79 Å². The second-order valence-electron chi connectivity index (χ2n) is 3.37. The highest BCUT2D eigenvalue weighted by Gasteiger charge is 2.14. The first-order chi connectivity index (χ1) is 6.45. The predicted molar refractivity (Wildman–Crippen MR) is 56.9 cm³/mol. The first kappa shape index (κ1) is 10.4. The lowest BCUT2D eigenvalue weighted by molar-refractivity contribution is 0.0697. The summed E-state index contributed by atoms with van der Waals surface area (Å²) in [6, 6.07) is 3.43. The minimum Gasteiger partial charge on any atom is -0.478 e. The molecule has 0 aliphatic heterocycles. The van der Waals surface area contributed by atoms with Crippen LogP contribution in [0, 0.1) is 6.92 Å². The maximum Gasteiger partial charge on any atom is 0.338 e. The number of nitrogens with zero attached hydrogens (tertiary/aromatic N) is 1. The van der Waals surface area contributed by atoms with E-state index in [0.717, 1.165) is 5.69 Å². The maximum atomic E-state index is 10.9. The van der Waals surface area contributed by atoms with E-state index in [1.54, 1.807) is 13.0 Å². The second kappa shape index (κ2) is 3.57. The van der Waals surface area contributed by atoms with Gasteiger partial charge in [-0.25, -0.2) is 4.79 Å². The number of benzene rings is 1. The van der Waals surface area contributed by atoms with Crippen LogP contribution in [0.25, 0.3) is 0 Å². The molecule has 76 valence electrons. The molecule has 0 saturated heterocycles. The van der Waals surface area contributed by atoms with E-state index in [1.165, 1.54) is 0 Å². The summed E-state index contributed by atoms with van der Waals surface area (Å²) in [5.74, 6) is -0.983. The number of rotatable bonds is 2. The molecular weight excluding hydrogens is 180 g/mol. The topological polar surface area (TPSA) is 66.6 Å². The zero-order valence-corrected chi connectivity index (χ0v) is 8.53. The summed E-state index contributed by atoms with van der Waals surface area (Å²) in [4.78, 5) is 12.8. The number of carbonyl (C=O) groups is 1. The largest absolute Gasteiger partial charge is 0.478 e. The Hall–Kier alpha value is -1.71. The standard InChI is InChI=1S/C10H14N2O2/c1-6-8(12(2)3)5-4-7(11)9(6)10(13)14/h4-5H,11H2,1-3H3,(H,13,14). The highest BCUT2D eigenvalue weighted by molar-refractivity contribution is 5.97. The Bertz CT molecular complexity index is 373. The van der Waals surface area contributed by atoms with E-state index in [-0.39, 0.29) is 5.56 Å². The van der Waals surface area contributed by atoms with Crippen LogP contribution in [0.4, 0.5) is 11.4 Å². The van der Waals surface area contributed by atoms with Crippen molar-refractivity contribution in [3.05, 3.63) is 23.3 Å². The fourth-order valence-corrected chi connectivity index (χ4v) is 1.49. The van der Waals surface area contributed by atoms with Gasteiger partial charge in [-0.1, -0.05) is 0 Å². The number of carboxylic acids is 1. The lowest BCUT2D eigenvalue weighted by Crippen LogP contribution is -2.14. The third-order valence-electron chi connectivity index (χ3n) is 2.16. The number of aromatic carboxylic acids is 1. The van der Waals surface area contributed by atoms with Crippen molar-refractivity contribution in [3.63, 3.8) is 0 Å². The van der Waals surface area contributed by atoms with Crippen LogP contribution < -0.4 is 10.6 Å². The molecule has 0 aliphatic carbocycles. The fourth-order valence-electron chi connectivity index (χ4n) is 1.49. The Morgan fingerprint density at radius 2 is 2.00 bits per heavy atom. The highest BCUT2D eigenvalue weighted by Crippen LogP contribution is 2.26. The van der Waals surface area contributed by atoms with Crippen LogP contribution in [0.15, 0.2) is 12.1 Å². The highest BCUT2D eigenvalue weighted by atomic mass is 16.4. The van der Waals surface area contributed by atoms with E-state index in [4.69, 9.17) is 10.8 Å². The van der Waals surface area contributed by atoms with Gasteiger partial charge in [-0.05, 0) is 24.6 Å². The van der Waals surface area contributed by atoms with Crippen molar-refractivity contribution in [2.24, 2.45) is 0 Å². The molecule has 4 heteroatoms. The Morgan fingerprint density at radius 3 is 2.43 bits per heavy atom. The fraction of sp³-hybridized carbons (Fsp3) is 0.300. The Labute approximate surface area is 82.9 Å². The molecule has 0 aromatic heterocycles. The van der Waals surface area contributed by atoms with E-state index in [2.05, 4.69) is 0 Å². The zero-order valence-electron chi connectivity index (χ0n) is 8.53. The average Bonchev–Trinajstić information content (AvgIpc) is 2.02. The lowest BCUT2D eigenvalue weighted by Gasteiger charge is -2.17. The van der Waals surface area contributed by atoms with Crippen molar-refractivity contribution in [2.45, 2.75) is 6.92 Å². The van der Waals surface area contributed by atoms with Crippen molar-refractivity contribution in [1.82, 2.24) is 0 Å². The van der Waals surface area contributed by atoms with Gasteiger partial charge < -0.3 is 15.7 Å². The molecule has 0 spiro atoms. The Morgan fingerprint density at radius 1 is 1.43 bits per heavy atom. The molecule has 3 N–H and O–H groups in total. The van der Waals surface area contributed by atoms with Gasteiger partial charge in [0.25, 0.3) is 0 Å². The van der Waals surface area contributed by atoms with Crippen LogP contribution in [0.2, 0.25) is 0 Å². The van der Waals surface area contributed by atoms with Crippen LogP contribution >= 0.6 is 0 Å². The second-order valence-corrected chi connectivity index (χ2v) is 3.37. The molecule has 1 aromatic rings. The number of carboxylic acid groups (broad SMARTS) is 1. The summed E-state index contributed by atoms with van der Waals surface area (Å²) < 4.78 is 0. The molecular formula is C10H14N2O2. The van der Waals surface area contributed by atoms with Crippen LogP contribution in [0.5, 0.6) is 0 Å². The maximum absolute atomic E-state index is 10.9. The molecule has 0 fully saturated rings. The lowest BCUT2D eigenvalue weighted by atomic mass is 10.0. The van der Waals surface area contributed by atoms with Crippen molar-refractivity contribution in [2.75, 3.05) is 24.7 Å².